The number of piperidine rings is 1. The molecule has 0 aromatic heterocycles. The molecule has 1 saturated heterocycles. The normalized spacial score (nSPS) is 29.7. The zero-order valence-electron chi connectivity index (χ0n) is 26.8. The Labute approximate surface area is 263 Å². The van der Waals surface area contributed by atoms with Crippen molar-refractivity contribution in [2.75, 3.05) is 13.1 Å². The van der Waals surface area contributed by atoms with Crippen molar-refractivity contribution in [2.45, 2.75) is 145 Å². The lowest BCUT2D eigenvalue weighted by molar-refractivity contribution is -0.188. The number of aliphatic carboxylic acids is 1. The number of allylic oxidation sites excluding steroid dienone is 4. The second-order valence-corrected chi connectivity index (χ2v) is 14.3. The number of ether oxygens (including phenoxy) is 1. The number of hydrogen-bond acceptors (Lipinski definition) is 5. The maximum atomic E-state index is 13.4. The summed E-state index contributed by atoms with van der Waals surface area (Å²) in [6.45, 7) is 4.11. The van der Waals surface area contributed by atoms with Gasteiger partial charge in [0.15, 0.2) is 11.9 Å². The fraction of sp³-hybridized carbons (Fsp3) is 0.684. The van der Waals surface area contributed by atoms with Crippen molar-refractivity contribution in [2.24, 2.45) is 5.92 Å². The lowest BCUT2D eigenvalue weighted by Crippen LogP contribution is -2.76. The molecule has 6 rings (SSSR count). The van der Waals surface area contributed by atoms with Gasteiger partial charge in [0.1, 0.15) is 5.75 Å². The van der Waals surface area contributed by atoms with Gasteiger partial charge in [-0.1, -0.05) is 75.5 Å². The van der Waals surface area contributed by atoms with Gasteiger partial charge in [-0.3, -0.25) is 14.5 Å². The summed E-state index contributed by atoms with van der Waals surface area (Å²) in [5, 5.41) is 22.9. The minimum absolute atomic E-state index is 0.0162. The van der Waals surface area contributed by atoms with E-state index in [-0.39, 0.29) is 11.8 Å². The molecule has 6 heteroatoms. The van der Waals surface area contributed by atoms with E-state index in [0.717, 1.165) is 75.1 Å². The van der Waals surface area contributed by atoms with Gasteiger partial charge in [0.05, 0.1) is 16.9 Å². The Morgan fingerprint density at radius 2 is 1.80 bits per heavy atom. The molecule has 6 nitrogen and oxygen atoms in total. The molecule has 2 bridgehead atoms. The molecule has 240 valence electrons. The third-order valence-electron chi connectivity index (χ3n) is 11.5. The highest BCUT2D eigenvalue weighted by molar-refractivity contribution is 5.90. The summed E-state index contributed by atoms with van der Waals surface area (Å²) in [6, 6.07) is 4.04. The van der Waals surface area contributed by atoms with Crippen molar-refractivity contribution < 1.29 is 24.5 Å². The third kappa shape index (κ3) is 5.82. The molecule has 1 aromatic rings. The summed E-state index contributed by atoms with van der Waals surface area (Å²) in [5.41, 5.74) is 1.02. The van der Waals surface area contributed by atoms with Crippen LogP contribution in [0, 0.1) is 5.92 Å². The number of rotatable bonds is 17. The molecule has 3 fully saturated rings. The first-order valence-electron chi connectivity index (χ1n) is 17.8. The fourth-order valence-electron chi connectivity index (χ4n) is 8.97. The van der Waals surface area contributed by atoms with E-state index in [1.54, 1.807) is 0 Å². The molecule has 2 N–H and O–H groups in total. The van der Waals surface area contributed by atoms with E-state index < -0.39 is 29.0 Å². The first-order valence-corrected chi connectivity index (χ1v) is 17.8. The monoisotopic (exact) mass is 603 g/mol. The standard InChI is InChI=1S/C38H53NO5/c1-2-3-4-5-6-7-8-9-10-11-12-13-14-15-16-30(36(41)42)29-20-19-28-25-32-38(43)22-21-31(40)35-37(38,33(28)34(29)44-35)23-24-39(32)26-27-17-18-27/h6-7,9-10,19-20,27,30,32,35,43H,2-5,8,11-18,21-26H2,1H3,(H,41,42)/b7-6-,10-9-/t30?,32?,35-,37+,38-/m1/s1. The summed E-state index contributed by atoms with van der Waals surface area (Å²) in [6.07, 6.45) is 24.8. The summed E-state index contributed by atoms with van der Waals surface area (Å²) in [4.78, 5) is 28.5. The molecule has 0 amide bonds. The number of carboxylic acid groups (broad SMARTS) is 1. The van der Waals surface area contributed by atoms with E-state index in [9.17, 15) is 19.8 Å². The summed E-state index contributed by atoms with van der Waals surface area (Å²) >= 11 is 0. The molecule has 2 heterocycles. The van der Waals surface area contributed by atoms with Gasteiger partial charge in [-0.25, -0.2) is 0 Å². The zero-order chi connectivity index (χ0) is 30.7. The van der Waals surface area contributed by atoms with Crippen LogP contribution in [-0.4, -0.2) is 57.7 Å². The van der Waals surface area contributed by atoms with E-state index in [1.807, 2.05) is 6.07 Å². The number of hydrogen-bond donors (Lipinski definition) is 2. The van der Waals surface area contributed by atoms with Gasteiger partial charge in [0.2, 0.25) is 0 Å². The minimum Gasteiger partial charge on any atom is -0.481 e. The number of carboxylic acids is 1. The van der Waals surface area contributed by atoms with Crippen LogP contribution in [0.25, 0.3) is 0 Å². The van der Waals surface area contributed by atoms with Crippen LogP contribution in [0.15, 0.2) is 36.4 Å². The van der Waals surface area contributed by atoms with E-state index in [2.05, 4.69) is 42.2 Å². The molecule has 0 radical (unpaired) electrons. The maximum Gasteiger partial charge on any atom is 0.311 e. The minimum atomic E-state index is -1.02. The highest BCUT2D eigenvalue weighted by Gasteiger charge is 2.73. The molecule has 2 aliphatic heterocycles. The summed E-state index contributed by atoms with van der Waals surface area (Å²) in [7, 11) is 0. The van der Waals surface area contributed by atoms with Gasteiger partial charge in [-0.15, -0.1) is 0 Å². The predicted molar refractivity (Wildman–Crippen MR) is 173 cm³/mol. The second-order valence-electron chi connectivity index (χ2n) is 14.3. The van der Waals surface area contributed by atoms with E-state index in [4.69, 9.17) is 4.74 Å². The number of unbranched alkanes of at least 4 members (excludes halogenated alkanes) is 7. The highest BCUT2D eigenvalue weighted by atomic mass is 16.5. The van der Waals surface area contributed by atoms with E-state index in [1.165, 1.54) is 38.5 Å². The molecule has 1 spiro atoms. The van der Waals surface area contributed by atoms with Crippen molar-refractivity contribution in [3.63, 3.8) is 0 Å². The number of carbonyl (C=O) groups excluding carboxylic acids is 1. The topological polar surface area (TPSA) is 87.1 Å². The van der Waals surface area contributed by atoms with Gasteiger partial charge < -0.3 is 14.9 Å². The van der Waals surface area contributed by atoms with Gasteiger partial charge in [0, 0.05) is 30.1 Å². The van der Waals surface area contributed by atoms with E-state index >= 15 is 0 Å². The molecule has 5 aliphatic rings. The number of benzene rings is 1. The molecule has 44 heavy (non-hydrogen) atoms. The van der Waals surface area contributed by atoms with Crippen LogP contribution in [0.5, 0.6) is 5.75 Å². The Balaban J connectivity index is 1.09. The Hall–Kier alpha value is -2.44. The summed E-state index contributed by atoms with van der Waals surface area (Å²) < 4.78 is 6.57. The lowest BCUT2D eigenvalue weighted by Gasteiger charge is -2.62. The van der Waals surface area contributed by atoms with Crippen molar-refractivity contribution in [1.29, 1.82) is 0 Å². The Morgan fingerprint density at radius 1 is 1.05 bits per heavy atom. The molecular formula is C38H53NO5. The highest BCUT2D eigenvalue weighted by Crippen LogP contribution is 2.64. The van der Waals surface area contributed by atoms with Gasteiger partial charge in [-0.2, -0.15) is 0 Å². The number of nitrogens with zero attached hydrogens (tertiary/aromatic N) is 1. The second kappa shape index (κ2) is 13.5. The lowest BCUT2D eigenvalue weighted by atomic mass is 9.49. The Morgan fingerprint density at radius 3 is 2.52 bits per heavy atom. The molecule has 5 atom stereocenters. The Bertz CT molecular complexity index is 1270. The molecule has 3 aliphatic carbocycles. The average Bonchev–Trinajstić information content (AvgIpc) is 3.75. The molecule has 2 unspecified atom stereocenters. The first kappa shape index (κ1) is 31.5. The number of Topliss-reactive ketones (excluding diaryl/α,β-unsaturated/α-hetero) is 1. The zero-order valence-corrected chi connectivity index (χ0v) is 26.8. The number of ketones is 1. The van der Waals surface area contributed by atoms with Gasteiger partial charge in [0.25, 0.3) is 0 Å². The van der Waals surface area contributed by atoms with Crippen molar-refractivity contribution in [3.05, 3.63) is 53.1 Å². The average molecular weight is 604 g/mol. The maximum absolute atomic E-state index is 13.4. The smallest absolute Gasteiger partial charge is 0.311 e. The van der Waals surface area contributed by atoms with Crippen LogP contribution in [0.2, 0.25) is 0 Å². The van der Waals surface area contributed by atoms with Crippen LogP contribution in [0.4, 0.5) is 0 Å². The number of aliphatic hydroxyl groups is 1. The van der Waals surface area contributed by atoms with Crippen LogP contribution in [0.1, 0.15) is 132 Å². The fourth-order valence-corrected chi connectivity index (χ4v) is 8.97. The van der Waals surface area contributed by atoms with Crippen LogP contribution >= 0.6 is 0 Å². The quantitative estimate of drug-likeness (QED) is 0.142. The first-order chi connectivity index (χ1) is 21.4. The molecular weight excluding hydrogens is 550 g/mol. The largest absolute Gasteiger partial charge is 0.481 e. The van der Waals surface area contributed by atoms with Crippen molar-refractivity contribution in [1.82, 2.24) is 4.90 Å². The molecule has 2 saturated carbocycles. The van der Waals surface area contributed by atoms with E-state index in [0.29, 0.717) is 37.0 Å². The number of carbonyl (C=O) groups is 2. The predicted octanol–water partition coefficient (Wildman–Crippen LogP) is 7.41. The summed E-state index contributed by atoms with van der Waals surface area (Å²) in [5.74, 6) is -0.118. The SMILES string of the molecule is CCCCC/C=C\C/C=C\CCCCCCC(C(=O)O)c1ccc2c3c1O[C@@H]1C(=O)CC[C@@]4(O)C(C2)N(CC2CC2)CC[C@]314. The van der Waals surface area contributed by atoms with Gasteiger partial charge in [-0.05, 0) is 88.7 Å². The van der Waals surface area contributed by atoms with Gasteiger partial charge >= 0.3 is 5.97 Å². The Kier molecular flexibility index (Phi) is 9.68. The molecule has 1 aromatic carbocycles. The van der Waals surface area contributed by atoms with Crippen LogP contribution in [0.3, 0.4) is 0 Å². The van der Waals surface area contributed by atoms with Crippen molar-refractivity contribution >= 4 is 11.8 Å². The van der Waals surface area contributed by atoms with Crippen LogP contribution in [-0.2, 0) is 21.4 Å². The van der Waals surface area contributed by atoms with Crippen LogP contribution < -0.4 is 4.74 Å². The van der Waals surface area contributed by atoms with Crippen molar-refractivity contribution in [3.8, 4) is 5.75 Å². The number of likely N-dealkylation sites (tertiary alicyclic amines) is 1. The third-order valence-corrected chi connectivity index (χ3v) is 11.5.